The molecule has 1 aromatic rings. The van der Waals surface area contributed by atoms with Gasteiger partial charge in [0.1, 0.15) is 0 Å². The van der Waals surface area contributed by atoms with Gasteiger partial charge in [-0.2, -0.15) is 0 Å². The minimum atomic E-state index is 0.482. The molecule has 0 saturated heterocycles. The molecule has 0 unspecified atom stereocenters. The fourth-order valence-electron chi connectivity index (χ4n) is 1.55. The Labute approximate surface area is 125 Å². The van der Waals surface area contributed by atoms with E-state index >= 15 is 0 Å². The van der Waals surface area contributed by atoms with Gasteiger partial charge in [0.25, 0.3) is 0 Å². The third kappa shape index (κ3) is 6.34. The van der Waals surface area contributed by atoms with Crippen LogP contribution in [0, 0.1) is 0 Å². The Bertz CT molecular complexity index is 404. The lowest BCUT2D eigenvalue weighted by Gasteiger charge is -2.10. The molecule has 2 N–H and O–H groups in total. The predicted octanol–water partition coefficient (Wildman–Crippen LogP) is 2.36. The van der Waals surface area contributed by atoms with Crippen molar-refractivity contribution in [3.8, 4) is 0 Å². The molecule has 0 radical (unpaired) electrons. The van der Waals surface area contributed by atoms with Gasteiger partial charge in [-0.25, -0.2) is 9.98 Å². The van der Waals surface area contributed by atoms with Gasteiger partial charge in [-0.1, -0.05) is 13.8 Å². The molecular weight excluding hydrogens is 272 g/mol. The van der Waals surface area contributed by atoms with Crippen molar-refractivity contribution in [2.24, 2.45) is 4.99 Å². The lowest BCUT2D eigenvalue weighted by molar-refractivity contribution is 0.152. The van der Waals surface area contributed by atoms with Crippen molar-refractivity contribution in [1.82, 2.24) is 15.6 Å². The summed E-state index contributed by atoms with van der Waals surface area (Å²) >= 11 is 1.71. The summed E-state index contributed by atoms with van der Waals surface area (Å²) in [5.74, 6) is 1.29. The van der Waals surface area contributed by atoms with Gasteiger partial charge in [-0.05, 0) is 13.8 Å². The smallest absolute Gasteiger partial charge is 0.191 e. The Balaban J connectivity index is 2.47. The molecule has 114 valence electrons. The zero-order valence-corrected chi connectivity index (χ0v) is 13.7. The summed E-state index contributed by atoms with van der Waals surface area (Å²) in [5.41, 5.74) is 1.03. The van der Waals surface area contributed by atoms with Crippen LogP contribution in [0.25, 0.3) is 0 Å². The van der Waals surface area contributed by atoms with E-state index in [2.05, 4.69) is 46.8 Å². The first-order valence-electron chi connectivity index (χ1n) is 7.21. The normalized spacial score (nSPS) is 11.9. The van der Waals surface area contributed by atoms with E-state index < -0.39 is 0 Å². The highest BCUT2D eigenvalue weighted by atomic mass is 32.1. The summed E-state index contributed by atoms with van der Waals surface area (Å²) < 4.78 is 5.30. The molecule has 0 aliphatic heterocycles. The predicted molar refractivity (Wildman–Crippen MR) is 85.5 cm³/mol. The van der Waals surface area contributed by atoms with E-state index in [1.165, 1.54) is 5.01 Å². The van der Waals surface area contributed by atoms with E-state index in [0.717, 1.165) is 31.3 Å². The minimum absolute atomic E-state index is 0.482. The van der Waals surface area contributed by atoms with Gasteiger partial charge in [0.15, 0.2) is 5.96 Å². The van der Waals surface area contributed by atoms with Crippen molar-refractivity contribution in [3.05, 3.63) is 16.1 Å². The summed E-state index contributed by atoms with van der Waals surface area (Å²) in [4.78, 5) is 9.12. The minimum Gasteiger partial charge on any atom is -0.380 e. The molecule has 0 aliphatic carbocycles. The van der Waals surface area contributed by atoms with Crippen LogP contribution >= 0.6 is 11.3 Å². The number of guanidine groups is 1. The maximum Gasteiger partial charge on any atom is 0.191 e. The van der Waals surface area contributed by atoms with E-state index in [-0.39, 0.29) is 0 Å². The molecule has 0 amide bonds. The molecule has 1 aromatic heterocycles. The van der Waals surface area contributed by atoms with E-state index in [1.807, 2.05) is 6.92 Å². The molecule has 20 heavy (non-hydrogen) atoms. The van der Waals surface area contributed by atoms with Crippen LogP contribution < -0.4 is 10.6 Å². The number of nitrogens with zero attached hydrogens (tertiary/aromatic N) is 2. The zero-order valence-electron chi connectivity index (χ0n) is 12.9. The second-order valence-corrected chi connectivity index (χ2v) is 5.54. The highest BCUT2D eigenvalue weighted by Crippen LogP contribution is 2.19. The molecule has 0 bridgehead atoms. The van der Waals surface area contributed by atoms with Crippen molar-refractivity contribution >= 4 is 17.3 Å². The first-order chi connectivity index (χ1) is 9.67. The third-order valence-electron chi connectivity index (χ3n) is 2.55. The molecule has 0 atom stereocenters. The van der Waals surface area contributed by atoms with Gasteiger partial charge < -0.3 is 15.4 Å². The van der Waals surface area contributed by atoms with Crippen LogP contribution in [-0.2, 0) is 11.3 Å². The van der Waals surface area contributed by atoms with Gasteiger partial charge in [-0.15, -0.1) is 11.3 Å². The first-order valence-corrected chi connectivity index (χ1v) is 8.09. The molecule has 6 heteroatoms. The second-order valence-electron chi connectivity index (χ2n) is 4.65. The number of rotatable bonds is 8. The van der Waals surface area contributed by atoms with Crippen molar-refractivity contribution in [3.63, 3.8) is 0 Å². The van der Waals surface area contributed by atoms with E-state index in [1.54, 1.807) is 11.3 Å². The first kappa shape index (κ1) is 16.9. The molecule has 0 spiro atoms. The third-order valence-corrected chi connectivity index (χ3v) is 3.74. The number of nitrogens with one attached hydrogen (secondary N) is 2. The summed E-state index contributed by atoms with van der Waals surface area (Å²) in [6, 6.07) is 0. The zero-order chi connectivity index (χ0) is 14.8. The number of thiazole rings is 1. The van der Waals surface area contributed by atoms with Crippen LogP contribution in [0.4, 0.5) is 0 Å². The Morgan fingerprint density at radius 1 is 1.40 bits per heavy atom. The quantitative estimate of drug-likeness (QED) is 0.439. The lowest BCUT2D eigenvalue weighted by Crippen LogP contribution is -2.39. The summed E-state index contributed by atoms with van der Waals surface area (Å²) in [6.45, 7) is 12.0. The highest BCUT2D eigenvalue weighted by molar-refractivity contribution is 7.09. The second kappa shape index (κ2) is 9.72. The molecule has 0 aliphatic rings. The van der Waals surface area contributed by atoms with Gasteiger partial charge in [-0.3, -0.25) is 0 Å². The van der Waals surface area contributed by atoms with Crippen molar-refractivity contribution in [2.45, 2.75) is 40.2 Å². The molecular formula is C14H26N4OS. The Kier molecular flexibility index (Phi) is 8.22. The van der Waals surface area contributed by atoms with Crippen molar-refractivity contribution < 1.29 is 4.74 Å². The summed E-state index contributed by atoms with van der Waals surface area (Å²) in [5, 5.41) is 9.72. The van der Waals surface area contributed by atoms with Crippen LogP contribution in [0.15, 0.2) is 10.4 Å². The molecule has 1 rings (SSSR count). The maximum atomic E-state index is 5.30. The summed E-state index contributed by atoms with van der Waals surface area (Å²) in [6.07, 6.45) is 0. The van der Waals surface area contributed by atoms with Crippen LogP contribution in [-0.4, -0.2) is 37.2 Å². The topological polar surface area (TPSA) is 58.5 Å². The average Bonchev–Trinajstić information content (AvgIpc) is 2.90. The van der Waals surface area contributed by atoms with Gasteiger partial charge >= 0.3 is 0 Å². The molecule has 0 saturated carbocycles. The van der Waals surface area contributed by atoms with Crippen molar-refractivity contribution in [1.29, 1.82) is 0 Å². The van der Waals surface area contributed by atoms with Crippen molar-refractivity contribution in [2.75, 3.05) is 26.3 Å². The number of aromatic nitrogens is 1. The van der Waals surface area contributed by atoms with E-state index in [4.69, 9.17) is 4.74 Å². The number of hydrogen-bond donors (Lipinski definition) is 2. The number of aliphatic imine (C=N–C) groups is 1. The summed E-state index contributed by atoms with van der Waals surface area (Å²) in [7, 11) is 0. The van der Waals surface area contributed by atoms with Crippen LogP contribution in [0.1, 0.15) is 44.3 Å². The van der Waals surface area contributed by atoms with Gasteiger partial charge in [0.2, 0.25) is 0 Å². The van der Waals surface area contributed by atoms with Crippen LogP contribution in [0.3, 0.4) is 0 Å². The van der Waals surface area contributed by atoms with E-state index in [9.17, 15) is 0 Å². The van der Waals surface area contributed by atoms with Crippen LogP contribution in [0.2, 0.25) is 0 Å². The Morgan fingerprint density at radius 3 is 2.80 bits per heavy atom. The van der Waals surface area contributed by atoms with Crippen LogP contribution in [0.5, 0.6) is 0 Å². The largest absolute Gasteiger partial charge is 0.380 e. The standard InChI is InChI=1S/C14H26N4OS/c1-5-15-14(16-7-8-19-6-2)17-9-12-10-20-13(18-12)11(3)4/h10-11H,5-9H2,1-4H3,(H2,15,16,17). The molecule has 0 fully saturated rings. The number of hydrogen-bond acceptors (Lipinski definition) is 4. The SMILES string of the molecule is CCNC(=NCc1csc(C(C)C)n1)NCCOCC. The van der Waals surface area contributed by atoms with Gasteiger partial charge in [0, 0.05) is 31.0 Å². The fourth-order valence-corrected chi connectivity index (χ4v) is 2.37. The van der Waals surface area contributed by atoms with E-state index in [0.29, 0.717) is 19.1 Å². The molecule has 1 heterocycles. The Morgan fingerprint density at radius 2 is 2.20 bits per heavy atom. The highest BCUT2D eigenvalue weighted by Gasteiger charge is 2.05. The van der Waals surface area contributed by atoms with Gasteiger partial charge in [0.05, 0.1) is 23.9 Å². The molecule has 0 aromatic carbocycles. The Hall–Kier alpha value is -1.14. The fraction of sp³-hybridized carbons (Fsp3) is 0.714. The monoisotopic (exact) mass is 298 g/mol. The molecule has 5 nitrogen and oxygen atoms in total. The number of ether oxygens (including phenoxy) is 1. The average molecular weight is 298 g/mol. The lowest BCUT2D eigenvalue weighted by atomic mass is 10.2. The maximum absolute atomic E-state index is 5.30.